The zero-order valence-corrected chi connectivity index (χ0v) is 25.4. The molecule has 1 saturated carbocycles. The van der Waals surface area contributed by atoms with E-state index in [2.05, 4.69) is 23.0 Å². The van der Waals surface area contributed by atoms with Gasteiger partial charge in [-0.05, 0) is 50.2 Å². The largest absolute Gasteiger partial charge is 0.364 e. The quantitative estimate of drug-likeness (QED) is 0.306. The van der Waals surface area contributed by atoms with E-state index in [9.17, 15) is 14.4 Å². The second-order valence-electron chi connectivity index (χ2n) is 11.6. The Bertz CT molecular complexity index is 1750. The molecule has 11 nitrogen and oxygen atoms in total. The molecular weight excluding hydrogens is 586 g/mol. The Morgan fingerprint density at radius 2 is 1.66 bits per heavy atom. The van der Waals surface area contributed by atoms with Crippen LogP contribution in [0.3, 0.4) is 0 Å². The van der Waals surface area contributed by atoms with Gasteiger partial charge in [-0.2, -0.15) is 19.7 Å². The highest BCUT2D eigenvalue weighted by atomic mass is 32.1. The molecule has 2 saturated heterocycles. The van der Waals surface area contributed by atoms with Gasteiger partial charge >= 0.3 is 6.03 Å². The van der Waals surface area contributed by atoms with E-state index < -0.39 is 5.95 Å². The van der Waals surface area contributed by atoms with Gasteiger partial charge in [0.05, 0.1) is 17.1 Å². The van der Waals surface area contributed by atoms with E-state index in [-0.39, 0.29) is 17.9 Å². The van der Waals surface area contributed by atoms with Crippen LogP contribution in [0.2, 0.25) is 0 Å². The van der Waals surface area contributed by atoms with Crippen molar-refractivity contribution in [1.29, 1.82) is 5.26 Å². The molecule has 0 unspecified atom stereocenters. The minimum atomic E-state index is -0.592. The molecule has 44 heavy (non-hydrogen) atoms. The second kappa shape index (κ2) is 11.3. The van der Waals surface area contributed by atoms with Crippen molar-refractivity contribution < 1.29 is 13.6 Å². The van der Waals surface area contributed by atoms with Gasteiger partial charge in [0.15, 0.2) is 10.8 Å². The summed E-state index contributed by atoms with van der Waals surface area (Å²) < 4.78 is 31.0. The molecule has 3 fully saturated rings. The smallest absolute Gasteiger partial charge is 0.320 e. The van der Waals surface area contributed by atoms with Crippen molar-refractivity contribution in [2.75, 3.05) is 76.3 Å². The summed E-state index contributed by atoms with van der Waals surface area (Å²) in [6.45, 7) is 5.13. The number of nitriles is 1. The van der Waals surface area contributed by atoms with Gasteiger partial charge in [-0.15, -0.1) is 0 Å². The Morgan fingerprint density at radius 3 is 2.30 bits per heavy atom. The molecule has 3 aromatic heterocycles. The highest BCUT2D eigenvalue weighted by molar-refractivity contribution is 7.16. The molecule has 1 aliphatic carbocycles. The molecule has 3 aliphatic rings. The van der Waals surface area contributed by atoms with Crippen LogP contribution >= 0.6 is 11.3 Å². The summed E-state index contributed by atoms with van der Waals surface area (Å²) in [5.41, 5.74) is 1.81. The monoisotopic (exact) mass is 618 g/mol. The fourth-order valence-electron chi connectivity index (χ4n) is 5.87. The van der Waals surface area contributed by atoms with Gasteiger partial charge in [-0.25, -0.2) is 18.9 Å². The SMILES string of the molecule is CN1CCN(C(=O)N2CCN(c3cc4c(N(C)c5nc(-c6ccc(F)cc6)c(C#N)s5)n(C5CC5)nc4nc3F)CC2)CC1. The van der Waals surface area contributed by atoms with E-state index in [4.69, 9.17) is 10.1 Å². The van der Waals surface area contributed by atoms with Gasteiger partial charge in [0.1, 0.15) is 28.3 Å². The highest BCUT2D eigenvalue weighted by Gasteiger charge is 2.33. The average Bonchev–Trinajstić information content (AvgIpc) is 3.69. The molecule has 0 N–H and O–H groups in total. The number of anilines is 3. The van der Waals surface area contributed by atoms with Gasteiger partial charge < -0.3 is 24.5 Å². The lowest BCUT2D eigenvalue weighted by atomic mass is 10.1. The number of hydrogen-bond acceptors (Lipinski definition) is 9. The van der Waals surface area contributed by atoms with Crippen LogP contribution in [0.4, 0.5) is 30.2 Å². The minimum Gasteiger partial charge on any atom is -0.364 e. The van der Waals surface area contributed by atoms with E-state index in [0.717, 1.165) is 31.7 Å². The van der Waals surface area contributed by atoms with Crippen molar-refractivity contribution in [2.45, 2.75) is 18.9 Å². The Morgan fingerprint density at radius 1 is 1.00 bits per heavy atom. The predicted octanol–water partition coefficient (Wildman–Crippen LogP) is 4.30. The van der Waals surface area contributed by atoms with Crippen molar-refractivity contribution in [3.63, 3.8) is 0 Å². The summed E-state index contributed by atoms with van der Waals surface area (Å²) in [5, 5.41) is 15.8. The molecular formula is C30H32F2N10OS. The first kappa shape index (κ1) is 28.4. The number of hydrogen-bond donors (Lipinski definition) is 0. The van der Waals surface area contributed by atoms with Crippen LogP contribution in [0, 0.1) is 23.1 Å². The van der Waals surface area contributed by atoms with Gasteiger partial charge in [0, 0.05) is 65.0 Å². The molecule has 0 spiro atoms. The molecule has 4 aromatic rings. The van der Waals surface area contributed by atoms with Crippen molar-refractivity contribution in [3.05, 3.63) is 47.0 Å². The lowest BCUT2D eigenvalue weighted by Gasteiger charge is -2.40. The number of halogens is 2. The summed E-state index contributed by atoms with van der Waals surface area (Å²) in [7, 11) is 3.92. The first-order valence-corrected chi connectivity index (χ1v) is 15.6. The van der Waals surface area contributed by atoms with Gasteiger partial charge in [0.2, 0.25) is 5.95 Å². The molecule has 0 radical (unpaired) electrons. The molecule has 2 amide bonds. The number of pyridine rings is 1. The van der Waals surface area contributed by atoms with E-state index in [0.29, 0.717) is 77.3 Å². The first-order valence-electron chi connectivity index (χ1n) is 14.8. The van der Waals surface area contributed by atoms with Crippen LogP contribution in [0.15, 0.2) is 30.3 Å². The van der Waals surface area contributed by atoms with Crippen LogP contribution in [0.1, 0.15) is 23.8 Å². The normalized spacial score (nSPS) is 17.8. The van der Waals surface area contributed by atoms with E-state index in [1.807, 2.05) is 31.3 Å². The summed E-state index contributed by atoms with van der Waals surface area (Å²) in [6, 6.07) is 10.1. The number of carbonyl (C=O) groups excluding carboxylic acids is 1. The van der Waals surface area contributed by atoms with Gasteiger partial charge in [-0.3, -0.25) is 0 Å². The number of piperazine rings is 2. The van der Waals surface area contributed by atoms with E-state index in [1.165, 1.54) is 23.5 Å². The maximum atomic E-state index is 15.5. The Kier molecular flexibility index (Phi) is 7.30. The Labute approximate surface area is 257 Å². The van der Waals surface area contributed by atoms with Crippen molar-refractivity contribution >= 4 is 45.0 Å². The summed E-state index contributed by atoms with van der Waals surface area (Å²) in [6.07, 6.45) is 1.91. The maximum Gasteiger partial charge on any atom is 0.320 e. The van der Waals surface area contributed by atoms with Crippen molar-refractivity contribution in [2.24, 2.45) is 0 Å². The highest BCUT2D eigenvalue weighted by Crippen LogP contribution is 2.44. The zero-order valence-electron chi connectivity index (χ0n) is 24.6. The summed E-state index contributed by atoms with van der Waals surface area (Å²) >= 11 is 1.23. The molecule has 0 bridgehead atoms. The number of rotatable bonds is 5. The number of carbonyl (C=O) groups is 1. The van der Waals surface area contributed by atoms with E-state index >= 15 is 4.39 Å². The number of benzene rings is 1. The third-order valence-corrected chi connectivity index (χ3v) is 9.63. The molecule has 14 heteroatoms. The average molecular weight is 619 g/mol. The van der Waals surface area contributed by atoms with Crippen LogP contribution < -0.4 is 9.80 Å². The molecule has 2 aliphatic heterocycles. The Hall–Kier alpha value is -4.35. The van der Waals surface area contributed by atoms with Gasteiger partial charge in [0.25, 0.3) is 0 Å². The third kappa shape index (κ3) is 5.20. The van der Waals surface area contributed by atoms with Crippen LogP contribution in [0.5, 0.6) is 0 Å². The van der Waals surface area contributed by atoms with Crippen LogP contribution in [0.25, 0.3) is 22.3 Å². The minimum absolute atomic E-state index is 0.0432. The van der Waals surface area contributed by atoms with Crippen LogP contribution in [-0.2, 0) is 0 Å². The topological polar surface area (TPSA) is 101 Å². The third-order valence-electron chi connectivity index (χ3n) is 8.59. The molecule has 5 heterocycles. The second-order valence-corrected chi connectivity index (χ2v) is 12.5. The number of fused-ring (bicyclic) bond motifs is 1. The number of aromatic nitrogens is 4. The molecule has 1 aromatic carbocycles. The Balaban J connectivity index is 1.18. The predicted molar refractivity (Wildman–Crippen MR) is 164 cm³/mol. The molecule has 0 atom stereocenters. The standard InChI is InChI=1S/C30H32F2N10OS/c1-37-9-11-40(12-10-37)30(43)41-15-13-39(14-16-41)23-17-22-27(35-26(23)32)36-42(21-7-8-21)28(22)38(2)29-34-25(24(18-33)44-29)19-3-5-20(31)6-4-19/h3-6,17,21H,7-16H2,1-2H3. The number of nitrogens with zero attached hydrogens (tertiary/aromatic N) is 10. The van der Waals surface area contributed by atoms with Crippen molar-refractivity contribution in [3.8, 4) is 17.3 Å². The zero-order chi connectivity index (χ0) is 30.5. The number of thiazole rings is 1. The molecule has 7 rings (SSSR count). The fraction of sp³-hybridized carbons (Fsp3) is 0.433. The van der Waals surface area contributed by atoms with E-state index in [1.54, 1.807) is 18.2 Å². The van der Waals surface area contributed by atoms with Crippen LogP contribution in [-0.4, -0.2) is 107 Å². The first-order chi connectivity index (χ1) is 21.3. The number of urea groups is 1. The fourth-order valence-corrected chi connectivity index (χ4v) is 6.72. The summed E-state index contributed by atoms with van der Waals surface area (Å²) in [4.78, 5) is 32.3. The van der Waals surface area contributed by atoms with Crippen molar-refractivity contribution in [1.82, 2.24) is 34.4 Å². The number of amides is 2. The number of likely N-dealkylation sites (N-methyl/N-ethyl adjacent to an activating group) is 1. The summed E-state index contributed by atoms with van der Waals surface area (Å²) in [5.74, 6) is -0.229. The van der Waals surface area contributed by atoms with Gasteiger partial charge in [-0.1, -0.05) is 11.3 Å². The molecule has 228 valence electrons. The maximum absolute atomic E-state index is 15.5. The lowest BCUT2D eigenvalue weighted by Crippen LogP contribution is -2.56. The lowest BCUT2D eigenvalue weighted by molar-refractivity contribution is 0.120.